The minimum atomic E-state index is -0.0182. The molecule has 4 nitrogen and oxygen atoms in total. The lowest BCUT2D eigenvalue weighted by Crippen LogP contribution is -2.50. The summed E-state index contributed by atoms with van der Waals surface area (Å²) >= 11 is 0. The quantitative estimate of drug-likeness (QED) is 0.741. The predicted octanol–water partition coefficient (Wildman–Crippen LogP) is 1.54. The highest BCUT2D eigenvalue weighted by molar-refractivity contribution is 5.69. The molecule has 0 amide bonds. The molecule has 0 bridgehead atoms. The molecule has 1 saturated heterocycles. The van der Waals surface area contributed by atoms with E-state index >= 15 is 0 Å². The number of rotatable bonds is 6. The summed E-state index contributed by atoms with van der Waals surface area (Å²) in [7, 11) is 0. The molecular formula is C15H26N2O2. The van der Waals surface area contributed by atoms with E-state index in [4.69, 9.17) is 4.74 Å². The van der Waals surface area contributed by atoms with Gasteiger partial charge in [-0.15, -0.1) is 0 Å². The number of piperidine rings is 1. The number of ether oxygens (including phenoxy) is 1. The van der Waals surface area contributed by atoms with Gasteiger partial charge in [-0.3, -0.25) is 9.69 Å². The van der Waals surface area contributed by atoms with Crippen LogP contribution >= 0.6 is 0 Å². The first-order valence-electron chi connectivity index (χ1n) is 7.90. The fourth-order valence-electron chi connectivity index (χ4n) is 3.29. The zero-order chi connectivity index (χ0) is 13.2. The maximum Gasteiger partial charge on any atom is 0.306 e. The van der Waals surface area contributed by atoms with E-state index in [9.17, 15) is 4.79 Å². The molecule has 3 fully saturated rings. The molecule has 3 aliphatic rings. The minimum Gasteiger partial charge on any atom is -0.466 e. The van der Waals surface area contributed by atoms with E-state index in [1.807, 2.05) is 6.92 Å². The van der Waals surface area contributed by atoms with E-state index < -0.39 is 0 Å². The van der Waals surface area contributed by atoms with Crippen LogP contribution in [0.15, 0.2) is 0 Å². The molecule has 3 rings (SSSR count). The van der Waals surface area contributed by atoms with Gasteiger partial charge in [0, 0.05) is 37.6 Å². The van der Waals surface area contributed by atoms with Gasteiger partial charge < -0.3 is 10.1 Å². The number of carbonyl (C=O) groups excluding carboxylic acids is 1. The van der Waals surface area contributed by atoms with Crippen molar-refractivity contribution in [2.45, 2.75) is 63.6 Å². The summed E-state index contributed by atoms with van der Waals surface area (Å²) in [5.74, 6) is 0.458. The van der Waals surface area contributed by atoms with Crippen molar-refractivity contribution >= 4 is 5.97 Å². The second-order valence-corrected chi connectivity index (χ2v) is 6.43. The van der Waals surface area contributed by atoms with Crippen LogP contribution < -0.4 is 5.32 Å². The molecule has 2 saturated carbocycles. The van der Waals surface area contributed by atoms with Gasteiger partial charge in [0.2, 0.25) is 0 Å². The minimum absolute atomic E-state index is 0.0182. The van der Waals surface area contributed by atoms with Crippen LogP contribution in [-0.4, -0.2) is 48.7 Å². The number of esters is 1. The number of nitrogens with one attached hydrogen (secondary N) is 1. The maximum absolute atomic E-state index is 11.7. The summed E-state index contributed by atoms with van der Waals surface area (Å²) in [5, 5.41) is 3.75. The number of hydrogen-bond acceptors (Lipinski definition) is 4. The fraction of sp³-hybridized carbons (Fsp3) is 0.933. The third-order valence-electron chi connectivity index (χ3n) is 4.44. The van der Waals surface area contributed by atoms with E-state index in [-0.39, 0.29) is 5.97 Å². The van der Waals surface area contributed by atoms with E-state index in [2.05, 4.69) is 10.2 Å². The molecule has 0 aromatic rings. The summed E-state index contributed by atoms with van der Waals surface area (Å²) in [6, 6.07) is 2.14. The van der Waals surface area contributed by atoms with Crippen molar-refractivity contribution in [1.29, 1.82) is 0 Å². The molecule has 0 aromatic heterocycles. The molecule has 1 aliphatic heterocycles. The van der Waals surface area contributed by atoms with Crippen molar-refractivity contribution < 1.29 is 9.53 Å². The zero-order valence-electron chi connectivity index (χ0n) is 11.9. The van der Waals surface area contributed by atoms with Crippen LogP contribution in [0.4, 0.5) is 0 Å². The topological polar surface area (TPSA) is 41.6 Å². The number of carbonyl (C=O) groups is 1. The highest BCUT2D eigenvalue weighted by Gasteiger charge is 2.38. The van der Waals surface area contributed by atoms with Gasteiger partial charge in [0.05, 0.1) is 6.61 Å². The average Bonchev–Trinajstić information content (AvgIpc) is 3.24. The van der Waals surface area contributed by atoms with Gasteiger partial charge >= 0.3 is 5.97 Å². The third-order valence-corrected chi connectivity index (χ3v) is 4.44. The van der Waals surface area contributed by atoms with E-state index in [0.29, 0.717) is 25.0 Å². The molecule has 0 aromatic carbocycles. The van der Waals surface area contributed by atoms with Gasteiger partial charge in [-0.1, -0.05) is 0 Å². The van der Waals surface area contributed by atoms with Crippen LogP contribution in [0.25, 0.3) is 0 Å². The van der Waals surface area contributed by atoms with Crippen LogP contribution in [-0.2, 0) is 9.53 Å². The van der Waals surface area contributed by atoms with Crippen LogP contribution in [0.5, 0.6) is 0 Å². The van der Waals surface area contributed by atoms with Crippen LogP contribution in [0.3, 0.4) is 0 Å². The van der Waals surface area contributed by atoms with Crippen molar-refractivity contribution in [3.8, 4) is 0 Å². The lowest BCUT2D eigenvalue weighted by atomic mass is 9.91. The van der Waals surface area contributed by atoms with Crippen LogP contribution in [0.1, 0.15) is 45.4 Å². The summed E-state index contributed by atoms with van der Waals surface area (Å²) < 4.78 is 5.11. The molecule has 2 atom stereocenters. The Morgan fingerprint density at radius 1 is 1.21 bits per heavy atom. The zero-order valence-corrected chi connectivity index (χ0v) is 11.9. The lowest BCUT2D eigenvalue weighted by molar-refractivity contribution is -0.144. The standard InChI is InChI=1S/C15H26N2O2/c1-2-19-15(18)8-11-7-13(16-12-3-4-12)10-17(9-11)14-5-6-14/h11-14,16H,2-10H2,1H3. The second kappa shape index (κ2) is 5.80. The summed E-state index contributed by atoms with van der Waals surface area (Å²) in [6.07, 6.45) is 7.11. The highest BCUT2D eigenvalue weighted by Crippen LogP contribution is 2.33. The van der Waals surface area contributed by atoms with Crippen molar-refractivity contribution in [3.05, 3.63) is 0 Å². The monoisotopic (exact) mass is 266 g/mol. The van der Waals surface area contributed by atoms with Crippen molar-refractivity contribution in [1.82, 2.24) is 10.2 Å². The fourth-order valence-corrected chi connectivity index (χ4v) is 3.29. The first kappa shape index (κ1) is 13.4. The lowest BCUT2D eigenvalue weighted by Gasteiger charge is -2.38. The second-order valence-electron chi connectivity index (χ2n) is 6.43. The molecule has 0 spiro atoms. The largest absolute Gasteiger partial charge is 0.466 e. The molecule has 1 heterocycles. The van der Waals surface area contributed by atoms with Crippen molar-refractivity contribution in [2.75, 3.05) is 19.7 Å². The summed E-state index contributed by atoms with van der Waals surface area (Å²) in [6.45, 7) is 4.65. The maximum atomic E-state index is 11.7. The van der Waals surface area contributed by atoms with Gasteiger partial charge in [-0.2, -0.15) is 0 Å². The number of likely N-dealkylation sites (tertiary alicyclic amines) is 1. The Labute approximate surface area is 115 Å². The SMILES string of the molecule is CCOC(=O)CC1CC(NC2CC2)CN(C2CC2)C1. The van der Waals surface area contributed by atoms with E-state index in [0.717, 1.165) is 25.0 Å². The van der Waals surface area contributed by atoms with Gasteiger partial charge in [0.1, 0.15) is 0 Å². The van der Waals surface area contributed by atoms with Gasteiger partial charge in [-0.05, 0) is 44.9 Å². The van der Waals surface area contributed by atoms with Crippen molar-refractivity contribution in [2.24, 2.45) is 5.92 Å². The molecular weight excluding hydrogens is 240 g/mol. The predicted molar refractivity (Wildman–Crippen MR) is 73.9 cm³/mol. The molecule has 4 heteroatoms. The molecule has 19 heavy (non-hydrogen) atoms. The van der Waals surface area contributed by atoms with Crippen LogP contribution in [0.2, 0.25) is 0 Å². The van der Waals surface area contributed by atoms with E-state index in [1.165, 1.54) is 32.2 Å². The Bertz CT molecular complexity index is 326. The summed E-state index contributed by atoms with van der Waals surface area (Å²) in [5.41, 5.74) is 0. The van der Waals surface area contributed by atoms with E-state index in [1.54, 1.807) is 0 Å². The normalized spacial score (nSPS) is 32.3. The first-order chi connectivity index (χ1) is 9.24. The molecule has 2 aliphatic carbocycles. The smallest absolute Gasteiger partial charge is 0.306 e. The van der Waals surface area contributed by atoms with Gasteiger partial charge in [-0.25, -0.2) is 0 Å². The Balaban J connectivity index is 1.53. The first-order valence-corrected chi connectivity index (χ1v) is 7.90. The molecule has 108 valence electrons. The van der Waals surface area contributed by atoms with Gasteiger partial charge in [0.25, 0.3) is 0 Å². The Morgan fingerprint density at radius 2 is 2.00 bits per heavy atom. The van der Waals surface area contributed by atoms with Gasteiger partial charge in [0.15, 0.2) is 0 Å². The Kier molecular flexibility index (Phi) is 4.08. The molecule has 0 radical (unpaired) electrons. The number of nitrogens with zero attached hydrogens (tertiary/aromatic N) is 1. The molecule has 1 N–H and O–H groups in total. The molecule has 2 unspecified atom stereocenters. The summed E-state index contributed by atoms with van der Waals surface area (Å²) in [4.78, 5) is 14.3. The number of hydrogen-bond donors (Lipinski definition) is 1. The Morgan fingerprint density at radius 3 is 2.63 bits per heavy atom. The van der Waals surface area contributed by atoms with Crippen molar-refractivity contribution in [3.63, 3.8) is 0 Å². The van der Waals surface area contributed by atoms with Crippen LogP contribution in [0, 0.1) is 5.92 Å². The average molecular weight is 266 g/mol. The third kappa shape index (κ3) is 3.93. The highest BCUT2D eigenvalue weighted by atomic mass is 16.5. The Hall–Kier alpha value is -0.610.